The summed E-state index contributed by atoms with van der Waals surface area (Å²) in [4.78, 5) is 0. The van der Waals surface area contributed by atoms with Gasteiger partial charge < -0.3 is 4.52 Å². The molecule has 1 atom stereocenters. The van der Waals surface area contributed by atoms with Crippen LogP contribution in [0.5, 0.6) is 5.75 Å². The number of para-hydroxylation sites is 1. The SMILES string of the molecule is O=P1(Oc2ccccc2)OCCS1. The second kappa shape index (κ2) is 3.74. The summed E-state index contributed by atoms with van der Waals surface area (Å²) < 4.78 is 22.0. The van der Waals surface area contributed by atoms with E-state index in [1.54, 1.807) is 12.1 Å². The minimum Gasteiger partial charge on any atom is -0.417 e. The van der Waals surface area contributed by atoms with Crippen molar-refractivity contribution in [1.82, 2.24) is 0 Å². The molecule has 3 nitrogen and oxygen atoms in total. The molecule has 1 heterocycles. The van der Waals surface area contributed by atoms with Crippen LogP contribution in [0, 0.1) is 0 Å². The third-order valence-electron chi connectivity index (χ3n) is 1.54. The Labute approximate surface area is 80.7 Å². The average molecular weight is 216 g/mol. The second-order valence-corrected chi connectivity index (χ2v) is 6.64. The Morgan fingerprint density at radius 1 is 1.38 bits per heavy atom. The highest BCUT2D eigenvalue weighted by molar-refractivity contribution is 8.55. The molecule has 1 saturated heterocycles. The molecule has 1 aromatic rings. The molecule has 5 heteroatoms. The minimum absolute atomic E-state index is 0.509. The molecule has 1 fully saturated rings. The zero-order chi connectivity index (χ0) is 9.15. The average Bonchev–Trinajstić information content (AvgIpc) is 2.54. The fourth-order valence-electron chi connectivity index (χ4n) is 0.999. The molecule has 13 heavy (non-hydrogen) atoms. The monoisotopic (exact) mass is 216 g/mol. The van der Waals surface area contributed by atoms with E-state index in [0.29, 0.717) is 12.4 Å². The molecule has 0 amide bonds. The van der Waals surface area contributed by atoms with Crippen LogP contribution in [0.3, 0.4) is 0 Å². The number of benzene rings is 1. The lowest BCUT2D eigenvalue weighted by Gasteiger charge is -2.10. The largest absolute Gasteiger partial charge is 0.440 e. The Hall–Kier alpha value is -0.440. The summed E-state index contributed by atoms with van der Waals surface area (Å²) in [7, 11) is 0. The molecule has 0 radical (unpaired) electrons. The minimum atomic E-state index is -2.88. The van der Waals surface area contributed by atoms with Crippen molar-refractivity contribution in [3.05, 3.63) is 30.3 Å². The van der Waals surface area contributed by atoms with Gasteiger partial charge in [0.25, 0.3) is 0 Å². The van der Waals surface area contributed by atoms with Gasteiger partial charge in [-0.3, -0.25) is 4.52 Å². The maximum atomic E-state index is 11.7. The summed E-state index contributed by atoms with van der Waals surface area (Å²) in [5.41, 5.74) is 0. The van der Waals surface area contributed by atoms with E-state index >= 15 is 0 Å². The molecule has 0 aliphatic carbocycles. The van der Waals surface area contributed by atoms with Gasteiger partial charge in [-0.1, -0.05) is 18.2 Å². The van der Waals surface area contributed by atoms with Crippen LogP contribution in [0.1, 0.15) is 0 Å². The fraction of sp³-hybridized carbons (Fsp3) is 0.250. The highest BCUT2D eigenvalue weighted by Gasteiger charge is 2.32. The molecule has 0 bridgehead atoms. The first-order valence-electron chi connectivity index (χ1n) is 3.92. The number of hydrogen-bond acceptors (Lipinski definition) is 4. The summed E-state index contributed by atoms with van der Waals surface area (Å²) in [5, 5.41) is 0. The van der Waals surface area contributed by atoms with Crippen molar-refractivity contribution in [2.75, 3.05) is 12.4 Å². The van der Waals surface area contributed by atoms with Crippen LogP contribution in [0.15, 0.2) is 30.3 Å². The predicted octanol–water partition coefficient (Wildman–Crippen LogP) is 2.94. The van der Waals surface area contributed by atoms with E-state index in [1.165, 1.54) is 11.4 Å². The van der Waals surface area contributed by atoms with Crippen LogP contribution in [0.4, 0.5) is 0 Å². The van der Waals surface area contributed by atoms with Gasteiger partial charge in [0, 0.05) is 5.75 Å². The molecule has 1 unspecified atom stereocenters. The third kappa shape index (κ3) is 2.27. The first-order chi connectivity index (χ1) is 6.29. The van der Waals surface area contributed by atoms with Crippen LogP contribution < -0.4 is 4.52 Å². The Balaban J connectivity index is 2.10. The summed E-state index contributed by atoms with van der Waals surface area (Å²) in [6, 6.07) is 9.08. The smallest absolute Gasteiger partial charge is 0.417 e. The maximum Gasteiger partial charge on any atom is 0.440 e. The van der Waals surface area contributed by atoms with Gasteiger partial charge in [-0.2, -0.15) is 0 Å². The van der Waals surface area contributed by atoms with Crippen LogP contribution in [0.2, 0.25) is 0 Å². The van der Waals surface area contributed by atoms with Gasteiger partial charge in [-0.25, -0.2) is 4.57 Å². The summed E-state index contributed by atoms with van der Waals surface area (Å²) in [6.45, 7) is -2.37. The van der Waals surface area contributed by atoms with Gasteiger partial charge in [0.15, 0.2) is 0 Å². The normalized spacial score (nSPS) is 27.4. The molecular weight excluding hydrogens is 207 g/mol. The lowest BCUT2D eigenvalue weighted by Crippen LogP contribution is -1.88. The van der Waals surface area contributed by atoms with E-state index in [4.69, 9.17) is 9.05 Å². The van der Waals surface area contributed by atoms with Crippen molar-refractivity contribution < 1.29 is 13.6 Å². The van der Waals surface area contributed by atoms with E-state index in [2.05, 4.69) is 0 Å². The van der Waals surface area contributed by atoms with Crippen LogP contribution in [-0.4, -0.2) is 12.4 Å². The maximum absolute atomic E-state index is 11.7. The van der Waals surface area contributed by atoms with Crippen molar-refractivity contribution >= 4 is 18.2 Å². The van der Waals surface area contributed by atoms with Gasteiger partial charge in [-0.15, -0.1) is 0 Å². The van der Waals surface area contributed by atoms with Crippen molar-refractivity contribution in [3.8, 4) is 5.75 Å². The van der Waals surface area contributed by atoms with Crippen molar-refractivity contribution in [2.45, 2.75) is 0 Å². The first-order valence-corrected chi connectivity index (χ1v) is 7.06. The molecule has 2 rings (SSSR count). The molecule has 1 aliphatic heterocycles. The summed E-state index contributed by atoms with van der Waals surface area (Å²) in [6.07, 6.45) is 0. The molecule has 1 aliphatic rings. The Morgan fingerprint density at radius 2 is 2.15 bits per heavy atom. The van der Waals surface area contributed by atoms with Crippen LogP contribution in [-0.2, 0) is 9.09 Å². The van der Waals surface area contributed by atoms with Gasteiger partial charge in [0.1, 0.15) is 5.75 Å². The fourth-order valence-corrected chi connectivity index (χ4v) is 4.14. The molecule has 1 aromatic carbocycles. The first kappa shape index (κ1) is 9.13. The van der Waals surface area contributed by atoms with E-state index < -0.39 is 6.80 Å². The van der Waals surface area contributed by atoms with Crippen molar-refractivity contribution in [2.24, 2.45) is 0 Å². The Kier molecular flexibility index (Phi) is 2.63. The van der Waals surface area contributed by atoms with E-state index in [9.17, 15) is 4.57 Å². The van der Waals surface area contributed by atoms with Crippen LogP contribution >= 0.6 is 18.2 Å². The molecule has 0 spiro atoms. The van der Waals surface area contributed by atoms with Crippen molar-refractivity contribution in [1.29, 1.82) is 0 Å². The van der Waals surface area contributed by atoms with E-state index in [-0.39, 0.29) is 0 Å². The molecule has 0 aromatic heterocycles. The quantitative estimate of drug-likeness (QED) is 0.712. The number of rotatable bonds is 2. The van der Waals surface area contributed by atoms with Crippen LogP contribution in [0.25, 0.3) is 0 Å². The molecule has 0 saturated carbocycles. The summed E-state index contributed by atoms with van der Waals surface area (Å²) >= 11 is 1.25. The van der Waals surface area contributed by atoms with Gasteiger partial charge in [-0.05, 0) is 23.5 Å². The third-order valence-corrected chi connectivity index (χ3v) is 5.18. The van der Waals surface area contributed by atoms with E-state index in [1.807, 2.05) is 18.2 Å². The molecule has 70 valence electrons. The van der Waals surface area contributed by atoms with Gasteiger partial charge in [0.2, 0.25) is 0 Å². The number of hydrogen-bond donors (Lipinski definition) is 0. The molecular formula is C8H9O3PS. The van der Waals surface area contributed by atoms with Crippen molar-refractivity contribution in [3.63, 3.8) is 0 Å². The van der Waals surface area contributed by atoms with Gasteiger partial charge >= 0.3 is 6.80 Å². The lowest BCUT2D eigenvalue weighted by atomic mass is 10.3. The molecule has 0 N–H and O–H groups in total. The highest BCUT2D eigenvalue weighted by Crippen LogP contribution is 2.63. The Bertz CT molecular complexity index is 317. The predicted molar refractivity (Wildman–Crippen MR) is 53.1 cm³/mol. The van der Waals surface area contributed by atoms with Gasteiger partial charge in [0.05, 0.1) is 6.61 Å². The Morgan fingerprint density at radius 3 is 2.77 bits per heavy atom. The second-order valence-electron chi connectivity index (χ2n) is 2.52. The zero-order valence-corrected chi connectivity index (χ0v) is 8.59. The summed E-state index contributed by atoms with van der Waals surface area (Å²) in [5.74, 6) is 1.34. The lowest BCUT2D eigenvalue weighted by molar-refractivity contribution is 0.307. The topological polar surface area (TPSA) is 35.5 Å². The highest BCUT2D eigenvalue weighted by atomic mass is 32.7. The standard InChI is InChI=1S/C8H9O3PS/c9-12(10-6-7-13-12)11-8-4-2-1-3-5-8/h1-5H,6-7H2. The zero-order valence-electron chi connectivity index (χ0n) is 6.88. The van der Waals surface area contributed by atoms with E-state index in [0.717, 1.165) is 5.75 Å².